The highest BCUT2D eigenvalue weighted by molar-refractivity contribution is 7.10. The van der Waals surface area contributed by atoms with Gasteiger partial charge in [-0.2, -0.15) is 0 Å². The first-order valence-corrected chi connectivity index (χ1v) is 10.0. The third-order valence-corrected chi connectivity index (χ3v) is 6.69. The number of benzene rings is 2. The lowest BCUT2D eigenvalue weighted by Crippen LogP contribution is -2.45. The van der Waals surface area contributed by atoms with Gasteiger partial charge in [0.05, 0.1) is 23.4 Å². The van der Waals surface area contributed by atoms with Crippen molar-refractivity contribution in [2.75, 3.05) is 0 Å². The van der Waals surface area contributed by atoms with Crippen LogP contribution in [0.2, 0.25) is 0 Å². The summed E-state index contributed by atoms with van der Waals surface area (Å²) in [6.45, 7) is 4.00. The molecule has 0 bridgehead atoms. The molecule has 0 saturated carbocycles. The van der Waals surface area contributed by atoms with Gasteiger partial charge in [-0.1, -0.05) is 24.3 Å². The molecule has 0 saturated heterocycles. The second kappa shape index (κ2) is 6.02. The molecule has 0 aliphatic carbocycles. The smallest absolute Gasteiger partial charge is 0.257 e. The van der Waals surface area contributed by atoms with E-state index in [0.29, 0.717) is 16.7 Å². The molecule has 28 heavy (non-hydrogen) atoms. The van der Waals surface area contributed by atoms with Crippen molar-refractivity contribution in [1.29, 1.82) is 0 Å². The van der Waals surface area contributed by atoms with Gasteiger partial charge in [-0.25, -0.2) is 4.98 Å². The summed E-state index contributed by atoms with van der Waals surface area (Å²) in [5, 5.41) is 14.1. The van der Waals surface area contributed by atoms with Crippen LogP contribution in [0.15, 0.2) is 60.2 Å². The maximum absolute atomic E-state index is 13.4. The van der Waals surface area contributed by atoms with Crippen molar-refractivity contribution in [2.24, 2.45) is 0 Å². The number of aromatic amines is 1. The fraction of sp³-hybridized carbons (Fsp3) is 0.182. The van der Waals surface area contributed by atoms with Crippen molar-refractivity contribution < 1.29 is 9.90 Å². The Hall–Kier alpha value is -2.96. The fourth-order valence-electron chi connectivity index (χ4n) is 4.08. The van der Waals surface area contributed by atoms with Gasteiger partial charge in [-0.3, -0.25) is 9.69 Å². The molecule has 2 atom stereocenters. The normalized spacial score (nSPS) is 20.0. The summed E-state index contributed by atoms with van der Waals surface area (Å²) in [4.78, 5) is 23.4. The monoisotopic (exact) mass is 389 g/mol. The van der Waals surface area contributed by atoms with Gasteiger partial charge in [0.2, 0.25) is 0 Å². The number of imidazole rings is 1. The second-order valence-electron chi connectivity index (χ2n) is 7.23. The first-order valence-electron chi connectivity index (χ1n) is 9.14. The van der Waals surface area contributed by atoms with E-state index in [1.54, 1.807) is 28.6 Å². The van der Waals surface area contributed by atoms with Crippen molar-refractivity contribution in [1.82, 2.24) is 14.9 Å². The molecule has 1 amide bonds. The van der Waals surface area contributed by atoms with E-state index >= 15 is 0 Å². The number of nitrogens with zero attached hydrogens (tertiary/aromatic N) is 2. The zero-order valence-electron chi connectivity index (χ0n) is 15.5. The zero-order valence-corrected chi connectivity index (χ0v) is 16.3. The molecule has 5 rings (SSSR count). The summed E-state index contributed by atoms with van der Waals surface area (Å²) in [5.74, 6) is -0.165. The standard InChI is InChI=1S/C22H19N3O2S/c1-13-9-20(28-11-13)14(2)25-21(26)16-5-3-4-6-17(16)22(25,27)15-7-8-18-19(10-15)24-12-23-18/h3-12,14,27H,1-2H3,(H,23,24). The van der Waals surface area contributed by atoms with E-state index in [-0.39, 0.29) is 11.9 Å². The van der Waals surface area contributed by atoms with E-state index in [9.17, 15) is 9.90 Å². The lowest BCUT2D eigenvalue weighted by Gasteiger charge is -2.38. The average Bonchev–Trinajstić information content (AvgIpc) is 3.40. The fourth-order valence-corrected chi connectivity index (χ4v) is 5.03. The molecule has 4 aromatic rings. The Balaban J connectivity index is 1.73. The van der Waals surface area contributed by atoms with Crippen molar-refractivity contribution in [3.63, 3.8) is 0 Å². The highest BCUT2D eigenvalue weighted by Gasteiger charge is 2.52. The van der Waals surface area contributed by atoms with Gasteiger partial charge in [-0.05, 0) is 49.1 Å². The molecule has 2 unspecified atom stereocenters. The Kier molecular flexibility index (Phi) is 3.69. The average molecular weight is 389 g/mol. The Labute approximate surface area is 166 Å². The van der Waals surface area contributed by atoms with E-state index in [4.69, 9.17) is 0 Å². The largest absolute Gasteiger partial charge is 0.363 e. The van der Waals surface area contributed by atoms with Crippen LogP contribution in [0.3, 0.4) is 0 Å². The number of aromatic nitrogens is 2. The third-order valence-electron chi connectivity index (χ3n) is 5.47. The molecular weight excluding hydrogens is 370 g/mol. The van der Waals surface area contributed by atoms with E-state index in [1.807, 2.05) is 50.2 Å². The molecule has 1 aliphatic rings. The minimum absolute atomic E-state index is 0.165. The number of nitrogens with one attached hydrogen (secondary N) is 1. The van der Waals surface area contributed by atoms with E-state index in [2.05, 4.69) is 21.4 Å². The van der Waals surface area contributed by atoms with Crippen LogP contribution >= 0.6 is 11.3 Å². The van der Waals surface area contributed by atoms with Gasteiger partial charge >= 0.3 is 0 Å². The summed E-state index contributed by atoms with van der Waals surface area (Å²) >= 11 is 1.60. The van der Waals surface area contributed by atoms with Gasteiger partial charge in [0.25, 0.3) is 5.91 Å². The van der Waals surface area contributed by atoms with Crippen molar-refractivity contribution >= 4 is 28.3 Å². The number of aliphatic hydroxyl groups is 1. The number of rotatable bonds is 3. The Morgan fingerprint density at radius 3 is 2.82 bits per heavy atom. The first kappa shape index (κ1) is 17.2. The first-order chi connectivity index (χ1) is 13.5. The van der Waals surface area contributed by atoms with E-state index in [1.165, 1.54) is 0 Å². The van der Waals surface area contributed by atoms with Crippen molar-refractivity contribution in [3.8, 4) is 0 Å². The molecule has 5 nitrogen and oxygen atoms in total. The highest BCUT2D eigenvalue weighted by atomic mass is 32.1. The predicted octanol–water partition coefficient (Wildman–Crippen LogP) is 4.34. The van der Waals surface area contributed by atoms with Crippen LogP contribution in [-0.2, 0) is 5.72 Å². The molecule has 3 heterocycles. The lowest BCUT2D eigenvalue weighted by molar-refractivity contribution is -0.0670. The number of amides is 1. The summed E-state index contributed by atoms with van der Waals surface area (Å²) in [5.41, 5.74) is 3.03. The van der Waals surface area contributed by atoms with Crippen LogP contribution in [0.4, 0.5) is 0 Å². The highest BCUT2D eigenvalue weighted by Crippen LogP contribution is 2.47. The number of aryl methyl sites for hydroxylation is 1. The van der Waals surface area contributed by atoms with Gasteiger partial charge in [0.15, 0.2) is 5.72 Å². The van der Waals surface area contributed by atoms with Crippen LogP contribution in [0.1, 0.15) is 44.9 Å². The number of H-pyrrole nitrogens is 1. The SMILES string of the molecule is Cc1csc(C(C)N2C(=O)c3ccccc3C2(O)c2ccc3nc[nH]c3c2)c1. The summed E-state index contributed by atoms with van der Waals surface area (Å²) in [7, 11) is 0. The van der Waals surface area contributed by atoms with E-state index in [0.717, 1.165) is 21.5 Å². The molecule has 0 spiro atoms. The Morgan fingerprint density at radius 1 is 1.21 bits per heavy atom. The number of hydrogen-bond acceptors (Lipinski definition) is 4. The van der Waals surface area contributed by atoms with Gasteiger partial charge in [0.1, 0.15) is 0 Å². The lowest BCUT2D eigenvalue weighted by atomic mass is 9.92. The van der Waals surface area contributed by atoms with Crippen LogP contribution in [0.25, 0.3) is 11.0 Å². The molecule has 1 aliphatic heterocycles. The van der Waals surface area contributed by atoms with Gasteiger partial charge < -0.3 is 10.1 Å². The molecule has 6 heteroatoms. The maximum atomic E-state index is 13.4. The topological polar surface area (TPSA) is 69.2 Å². The summed E-state index contributed by atoms with van der Waals surface area (Å²) in [6, 6.07) is 14.7. The molecule has 0 radical (unpaired) electrons. The Bertz CT molecular complexity index is 1210. The van der Waals surface area contributed by atoms with E-state index < -0.39 is 5.72 Å². The van der Waals surface area contributed by atoms with Crippen LogP contribution in [0, 0.1) is 6.92 Å². The molecule has 2 N–H and O–H groups in total. The van der Waals surface area contributed by atoms with Gasteiger partial charge in [0, 0.05) is 21.6 Å². The second-order valence-corrected chi connectivity index (χ2v) is 8.17. The predicted molar refractivity (Wildman–Crippen MR) is 109 cm³/mol. The zero-order chi connectivity index (χ0) is 19.5. The van der Waals surface area contributed by atoms with Crippen molar-refractivity contribution in [2.45, 2.75) is 25.6 Å². The van der Waals surface area contributed by atoms with Gasteiger partial charge in [-0.15, -0.1) is 11.3 Å². The molecule has 0 fully saturated rings. The summed E-state index contributed by atoms with van der Waals surface area (Å²) < 4.78 is 0. The minimum atomic E-state index is -1.55. The van der Waals surface area contributed by atoms with Crippen molar-refractivity contribution in [3.05, 3.63) is 87.4 Å². The van der Waals surface area contributed by atoms with Crippen LogP contribution in [-0.4, -0.2) is 25.9 Å². The molecular formula is C22H19N3O2S. The number of carbonyl (C=O) groups excluding carboxylic acids is 1. The quantitative estimate of drug-likeness (QED) is 0.547. The Morgan fingerprint density at radius 2 is 2.04 bits per heavy atom. The summed E-state index contributed by atoms with van der Waals surface area (Å²) in [6.07, 6.45) is 1.63. The molecule has 2 aromatic heterocycles. The molecule has 140 valence electrons. The number of thiophene rings is 1. The minimum Gasteiger partial charge on any atom is -0.363 e. The number of carbonyl (C=O) groups is 1. The molecule has 2 aromatic carbocycles. The number of fused-ring (bicyclic) bond motifs is 2. The van der Waals surface area contributed by atoms with Crippen LogP contribution in [0.5, 0.6) is 0 Å². The number of hydrogen-bond donors (Lipinski definition) is 2. The maximum Gasteiger partial charge on any atom is 0.257 e. The third kappa shape index (κ3) is 2.28. The van der Waals surface area contributed by atoms with Crippen LogP contribution < -0.4 is 0 Å².